The molecule has 3 aliphatic carbocycles. The molecule has 0 radical (unpaired) electrons. The Hall–Kier alpha value is -2.55. The molecule has 2 aromatic rings. The minimum atomic E-state index is -3.92. The number of allylic oxidation sites excluding steroid dienone is 1. The number of nitrogens with zero attached hydrogens (tertiary/aromatic N) is 1. The van der Waals surface area contributed by atoms with Crippen molar-refractivity contribution in [3.8, 4) is 5.75 Å². The van der Waals surface area contributed by atoms with Crippen LogP contribution in [0.5, 0.6) is 5.75 Å². The molecule has 1 amide bonds. The quantitative estimate of drug-likeness (QED) is 0.399. The normalized spacial score (nSPS) is 33.8. The van der Waals surface area contributed by atoms with Crippen molar-refractivity contribution in [2.45, 2.75) is 75.4 Å². The number of sulfonamides is 1. The minimum absolute atomic E-state index is 0.0517. The number of hydrogen-bond donors (Lipinski definition) is 2. The number of aliphatic hydroxyl groups excluding tert-OH is 1. The van der Waals surface area contributed by atoms with Crippen molar-refractivity contribution in [3.63, 3.8) is 0 Å². The second-order valence-electron chi connectivity index (χ2n) is 14.2. The number of amides is 1. The first-order chi connectivity index (χ1) is 21.1. The third kappa shape index (κ3) is 5.45. The van der Waals surface area contributed by atoms with E-state index >= 15 is 0 Å². The molecular formula is C35H43ClN2O5S. The van der Waals surface area contributed by atoms with Gasteiger partial charge < -0.3 is 14.7 Å². The summed E-state index contributed by atoms with van der Waals surface area (Å²) in [6, 6.07) is 11.5. The summed E-state index contributed by atoms with van der Waals surface area (Å²) in [5.74, 6) is 0.535. The van der Waals surface area contributed by atoms with Crippen molar-refractivity contribution < 1.29 is 23.1 Å². The zero-order valence-electron chi connectivity index (χ0n) is 25.4. The summed E-state index contributed by atoms with van der Waals surface area (Å²) in [7, 11) is -3.92. The summed E-state index contributed by atoms with van der Waals surface area (Å²) in [6.45, 7) is 3.92. The van der Waals surface area contributed by atoms with Crippen LogP contribution in [0.25, 0.3) is 0 Å². The minimum Gasteiger partial charge on any atom is -0.490 e. The smallest absolute Gasteiger partial charge is 0.264 e. The Kier molecular flexibility index (Phi) is 7.78. The number of fused-ring (bicyclic) bond motifs is 4. The van der Waals surface area contributed by atoms with Gasteiger partial charge in [-0.15, -0.1) is 0 Å². The number of nitrogens with one attached hydrogen (secondary N) is 1. The number of carbonyl (C=O) groups excluding carboxylic acids is 1. The molecule has 9 heteroatoms. The molecule has 5 atom stereocenters. The van der Waals surface area contributed by atoms with Gasteiger partial charge in [0.1, 0.15) is 5.75 Å². The second-order valence-corrected chi connectivity index (χ2v) is 16.6. The predicted octanol–water partition coefficient (Wildman–Crippen LogP) is 6.03. The molecule has 2 heterocycles. The van der Waals surface area contributed by atoms with Crippen LogP contribution in [0.15, 0.2) is 48.6 Å². The van der Waals surface area contributed by atoms with Gasteiger partial charge >= 0.3 is 0 Å². The highest BCUT2D eigenvalue weighted by atomic mass is 35.5. The Morgan fingerprint density at radius 3 is 2.73 bits per heavy atom. The maximum Gasteiger partial charge on any atom is 0.264 e. The van der Waals surface area contributed by atoms with E-state index in [0.717, 1.165) is 55.7 Å². The van der Waals surface area contributed by atoms with Gasteiger partial charge in [-0.2, -0.15) is 0 Å². The number of aryl methyl sites for hydroxylation is 1. The molecule has 7 rings (SSSR count). The Morgan fingerprint density at radius 1 is 1.14 bits per heavy atom. The summed E-state index contributed by atoms with van der Waals surface area (Å²) in [4.78, 5) is 15.9. The van der Waals surface area contributed by atoms with Gasteiger partial charge in [-0.1, -0.05) is 49.6 Å². The number of rotatable bonds is 3. The van der Waals surface area contributed by atoms with Crippen LogP contribution < -0.4 is 14.4 Å². The fraction of sp³-hybridized carbons (Fsp3) is 0.571. The van der Waals surface area contributed by atoms with Crippen molar-refractivity contribution in [1.29, 1.82) is 0 Å². The van der Waals surface area contributed by atoms with Gasteiger partial charge in [-0.05, 0) is 104 Å². The lowest BCUT2D eigenvalue weighted by Gasteiger charge is -2.50. The third-order valence-electron chi connectivity index (χ3n) is 11.3. The molecule has 2 fully saturated rings. The maximum absolute atomic E-state index is 13.7. The number of halogens is 1. The monoisotopic (exact) mass is 638 g/mol. The zero-order chi connectivity index (χ0) is 30.7. The fourth-order valence-electron chi connectivity index (χ4n) is 8.27. The van der Waals surface area contributed by atoms with E-state index in [1.54, 1.807) is 12.1 Å². The zero-order valence-corrected chi connectivity index (χ0v) is 27.0. The number of anilines is 1. The van der Waals surface area contributed by atoms with E-state index in [9.17, 15) is 18.3 Å². The topological polar surface area (TPSA) is 95.9 Å². The highest BCUT2D eigenvalue weighted by molar-refractivity contribution is 7.90. The van der Waals surface area contributed by atoms with E-state index in [4.69, 9.17) is 16.3 Å². The molecule has 44 heavy (non-hydrogen) atoms. The molecule has 236 valence electrons. The van der Waals surface area contributed by atoms with E-state index in [2.05, 4.69) is 33.9 Å². The van der Waals surface area contributed by atoms with E-state index in [1.807, 2.05) is 19.1 Å². The van der Waals surface area contributed by atoms with Crippen LogP contribution in [0.1, 0.15) is 79.8 Å². The molecule has 2 N–H and O–H groups in total. The summed E-state index contributed by atoms with van der Waals surface area (Å²) in [5.41, 5.74) is 3.01. The van der Waals surface area contributed by atoms with E-state index in [1.165, 1.54) is 11.1 Å². The van der Waals surface area contributed by atoms with Crippen LogP contribution in [-0.2, 0) is 21.9 Å². The molecule has 0 saturated heterocycles. The van der Waals surface area contributed by atoms with Gasteiger partial charge in [-0.25, -0.2) is 13.1 Å². The van der Waals surface area contributed by atoms with Crippen molar-refractivity contribution >= 4 is 33.2 Å². The average Bonchev–Trinajstić information content (AvgIpc) is 3.83. The molecule has 2 aromatic carbocycles. The largest absolute Gasteiger partial charge is 0.490 e. The Labute approximate surface area is 266 Å². The predicted molar refractivity (Wildman–Crippen MR) is 173 cm³/mol. The lowest BCUT2D eigenvalue weighted by molar-refractivity contribution is 0.0213. The average molecular weight is 639 g/mol. The first-order valence-corrected chi connectivity index (χ1v) is 18.2. The van der Waals surface area contributed by atoms with Gasteiger partial charge in [0, 0.05) is 34.5 Å². The Balaban J connectivity index is 1.31. The van der Waals surface area contributed by atoms with E-state index < -0.39 is 21.2 Å². The SMILES string of the molecule is C[C@H]1C/C=C\[C@@]2(CO)CC[C@H]2CN2C[C@@]3(CCCc4cc(Cl)ccc43)COc3ccc(cc32)C(=O)NS(=O)(=O)[C@@H]1CC1CC1. The van der Waals surface area contributed by atoms with Crippen molar-refractivity contribution in [2.24, 2.45) is 23.2 Å². The molecule has 2 saturated carbocycles. The Bertz CT molecular complexity index is 1590. The second kappa shape index (κ2) is 11.4. The van der Waals surface area contributed by atoms with Crippen LogP contribution >= 0.6 is 11.6 Å². The lowest BCUT2D eigenvalue weighted by Crippen LogP contribution is -2.51. The van der Waals surface area contributed by atoms with Crippen LogP contribution in [0.2, 0.25) is 5.02 Å². The lowest BCUT2D eigenvalue weighted by atomic mass is 9.59. The Morgan fingerprint density at radius 2 is 1.98 bits per heavy atom. The van der Waals surface area contributed by atoms with Gasteiger partial charge in [0.05, 0.1) is 24.2 Å². The molecule has 1 spiro atoms. The standard InChI is InChI=1S/C35H43ClN2O5S/c1-23-4-2-13-34(21-39)15-12-27(34)19-38-20-35(14-3-5-25-17-28(36)9-10-29(25)35)22-43-31-11-8-26(18-30(31)38)33(40)37-44(41,42)32(23)16-24-6-7-24/h2,8-11,13,17-18,23-24,27,32,39H,3-7,12,14-16,19-22H2,1H3,(H,37,40)/b13-2-/t23-,27-,32+,34-,35-/m0/s1. The van der Waals surface area contributed by atoms with Crippen LogP contribution in [-0.4, -0.2) is 51.0 Å². The maximum atomic E-state index is 13.7. The van der Waals surface area contributed by atoms with E-state index in [0.29, 0.717) is 49.8 Å². The highest BCUT2D eigenvalue weighted by Gasteiger charge is 2.48. The molecular weight excluding hydrogens is 596 g/mol. The number of benzene rings is 2. The number of carbonyl (C=O) groups is 1. The summed E-state index contributed by atoms with van der Waals surface area (Å²) < 4.78 is 36.5. The molecule has 5 aliphatic rings. The van der Waals surface area contributed by atoms with Gasteiger partial charge in [0.2, 0.25) is 10.0 Å². The molecule has 2 aliphatic heterocycles. The summed E-state index contributed by atoms with van der Waals surface area (Å²) >= 11 is 6.41. The van der Waals surface area contributed by atoms with Crippen LogP contribution in [0, 0.1) is 23.2 Å². The molecule has 7 nitrogen and oxygen atoms in total. The first-order valence-electron chi connectivity index (χ1n) is 16.3. The molecule has 0 unspecified atom stereocenters. The first kappa shape index (κ1) is 30.1. The summed E-state index contributed by atoms with van der Waals surface area (Å²) in [6.07, 6.45) is 12.3. The van der Waals surface area contributed by atoms with Crippen LogP contribution in [0.3, 0.4) is 0 Å². The molecule has 2 bridgehead atoms. The number of hydrogen-bond acceptors (Lipinski definition) is 6. The van der Waals surface area contributed by atoms with Crippen molar-refractivity contribution in [2.75, 3.05) is 31.2 Å². The number of ether oxygens (including phenoxy) is 1. The van der Waals surface area contributed by atoms with Crippen LogP contribution in [0.4, 0.5) is 5.69 Å². The highest BCUT2D eigenvalue weighted by Crippen LogP contribution is 2.51. The fourth-order valence-corrected chi connectivity index (χ4v) is 10.2. The van der Waals surface area contributed by atoms with Crippen molar-refractivity contribution in [3.05, 3.63) is 70.3 Å². The number of aliphatic hydroxyl groups is 1. The van der Waals surface area contributed by atoms with Gasteiger partial charge in [0.25, 0.3) is 5.91 Å². The van der Waals surface area contributed by atoms with Gasteiger partial charge in [-0.3, -0.25) is 4.79 Å². The molecule has 0 aromatic heterocycles. The van der Waals surface area contributed by atoms with E-state index in [-0.39, 0.29) is 29.3 Å². The summed E-state index contributed by atoms with van der Waals surface area (Å²) in [5, 5.41) is 10.8. The van der Waals surface area contributed by atoms with Crippen molar-refractivity contribution in [1.82, 2.24) is 4.72 Å². The van der Waals surface area contributed by atoms with Gasteiger partial charge in [0.15, 0.2) is 0 Å². The third-order valence-corrected chi connectivity index (χ3v) is 13.5.